The quantitative estimate of drug-likeness (QED) is 0.714. The van der Waals surface area contributed by atoms with E-state index in [0.29, 0.717) is 23.1 Å². The average molecular weight is 389 g/mol. The van der Waals surface area contributed by atoms with Crippen molar-refractivity contribution in [1.29, 1.82) is 0 Å². The summed E-state index contributed by atoms with van der Waals surface area (Å²) in [5.41, 5.74) is 1.37. The largest absolute Gasteiger partial charge is 0.379 e. The summed E-state index contributed by atoms with van der Waals surface area (Å²) in [5, 5.41) is 16.0. The molecule has 0 spiro atoms. The zero-order valence-electron chi connectivity index (χ0n) is 14.1. The molecular weight excluding hydrogens is 372 g/mol. The summed E-state index contributed by atoms with van der Waals surface area (Å²) in [6.07, 6.45) is 0.925. The van der Waals surface area contributed by atoms with Gasteiger partial charge in [0.05, 0.1) is 17.3 Å². The summed E-state index contributed by atoms with van der Waals surface area (Å²) >= 11 is 7.51. The highest BCUT2D eigenvalue weighted by atomic mass is 35.5. The van der Waals surface area contributed by atoms with Crippen LogP contribution in [0.2, 0.25) is 5.02 Å². The van der Waals surface area contributed by atoms with E-state index in [1.54, 1.807) is 7.05 Å². The monoisotopic (exact) mass is 388 g/mol. The number of hydrogen-bond donors (Lipinski definition) is 2. The minimum absolute atomic E-state index is 0.206. The van der Waals surface area contributed by atoms with E-state index in [9.17, 15) is 4.79 Å². The Kier molecular flexibility index (Phi) is 4.76. The van der Waals surface area contributed by atoms with Crippen LogP contribution in [0.15, 0.2) is 30.3 Å². The molecule has 3 aromatic rings. The first-order valence-electron chi connectivity index (χ1n) is 8.28. The number of thiophene rings is 1. The van der Waals surface area contributed by atoms with E-state index in [1.165, 1.54) is 11.3 Å². The van der Waals surface area contributed by atoms with Crippen LogP contribution in [-0.2, 0) is 4.74 Å². The molecule has 6 nitrogen and oxygen atoms in total. The van der Waals surface area contributed by atoms with Gasteiger partial charge in [-0.2, -0.15) is 0 Å². The number of ether oxygens (including phenoxy) is 1. The molecule has 1 aliphatic rings. The van der Waals surface area contributed by atoms with E-state index in [2.05, 4.69) is 20.8 Å². The second-order valence-electron chi connectivity index (χ2n) is 6.04. The van der Waals surface area contributed by atoms with E-state index in [-0.39, 0.29) is 11.9 Å². The number of nitrogens with one attached hydrogen (secondary N) is 2. The lowest BCUT2D eigenvalue weighted by atomic mass is 10.1. The lowest BCUT2D eigenvalue weighted by molar-refractivity contribution is 0.0959. The minimum atomic E-state index is -0.247. The van der Waals surface area contributed by atoms with Crippen LogP contribution in [0, 0.1) is 0 Å². The number of hydrogen-bond acceptors (Lipinski definition) is 6. The van der Waals surface area contributed by atoms with Crippen LogP contribution in [0.25, 0.3) is 20.5 Å². The highest BCUT2D eigenvalue weighted by Gasteiger charge is 2.22. The number of rotatable bonds is 4. The van der Waals surface area contributed by atoms with Gasteiger partial charge in [-0.25, -0.2) is 0 Å². The molecular formula is C18H17ClN4O2S. The van der Waals surface area contributed by atoms with Gasteiger partial charge in [0.2, 0.25) is 0 Å². The third kappa shape index (κ3) is 3.25. The maximum Gasteiger partial charge on any atom is 0.273 e. The van der Waals surface area contributed by atoms with Gasteiger partial charge in [-0.15, -0.1) is 21.5 Å². The van der Waals surface area contributed by atoms with Crippen molar-refractivity contribution in [2.75, 3.05) is 25.6 Å². The molecule has 2 N–H and O–H groups in total. The third-order valence-electron chi connectivity index (χ3n) is 4.29. The van der Waals surface area contributed by atoms with E-state index in [4.69, 9.17) is 16.3 Å². The average Bonchev–Trinajstić information content (AvgIpc) is 3.32. The SMILES string of the molecule is CNC(=O)c1nnc(NC2CCOC2)c2cc(-c3ccc(Cl)cc3)sc12. The topological polar surface area (TPSA) is 76.1 Å². The first-order valence-corrected chi connectivity index (χ1v) is 9.47. The number of aromatic nitrogens is 2. The molecule has 1 aliphatic heterocycles. The summed E-state index contributed by atoms with van der Waals surface area (Å²) < 4.78 is 6.23. The van der Waals surface area contributed by atoms with E-state index in [1.807, 2.05) is 30.3 Å². The lowest BCUT2D eigenvalue weighted by Crippen LogP contribution is -2.22. The van der Waals surface area contributed by atoms with Gasteiger partial charge in [0, 0.05) is 28.9 Å². The summed E-state index contributed by atoms with van der Waals surface area (Å²) in [4.78, 5) is 13.2. The Balaban J connectivity index is 1.82. The zero-order chi connectivity index (χ0) is 18.1. The van der Waals surface area contributed by atoms with E-state index in [0.717, 1.165) is 33.6 Å². The second kappa shape index (κ2) is 7.19. The normalized spacial score (nSPS) is 16.8. The number of nitrogens with zero attached hydrogens (tertiary/aromatic N) is 2. The smallest absolute Gasteiger partial charge is 0.273 e. The fourth-order valence-corrected chi connectivity index (χ4v) is 4.19. The van der Waals surface area contributed by atoms with Crippen molar-refractivity contribution in [2.45, 2.75) is 12.5 Å². The first-order chi connectivity index (χ1) is 12.7. The molecule has 1 amide bonds. The molecule has 4 rings (SSSR count). The van der Waals surface area contributed by atoms with Crippen molar-refractivity contribution in [3.63, 3.8) is 0 Å². The number of amides is 1. The van der Waals surface area contributed by atoms with Crippen LogP contribution in [0.5, 0.6) is 0 Å². The highest BCUT2D eigenvalue weighted by Crippen LogP contribution is 2.38. The number of fused-ring (bicyclic) bond motifs is 1. The predicted octanol–water partition coefficient (Wildman–Crippen LogP) is 3.57. The van der Waals surface area contributed by atoms with E-state index >= 15 is 0 Å². The molecule has 0 radical (unpaired) electrons. The summed E-state index contributed by atoms with van der Waals surface area (Å²) in [7, 11) is 1.59. The van der Waals surface area contributed by atoms with Crippen LogP contribution in [0.3, 0.4) is 0 Å². The molecule has 0 bridgehead atoms. The van der Waals surface area contributed by atoms with Gasteiger partial charge in [0.15, 0.2) is 11.5 Å². The van der Waals surface area contributed by atoms with Gasteiger partial charge in [-0.05, 0) is 30.2 Å². The highest BCUT2D eigenvalue weighted by molar-refractivity contribution is 7.22. The molecule has 3 heterocycles. The molecule has 1 aromatic carbocycles. The number of carbonyl (C=O) groups excluding carboxylic acids is 1. The van der Waals surface area contributed by atoms with Crippen LogP contribution >= 0.6 is 22.9 Å². The Morgan fingerprint density at radius 1 is 1.31 bits per heavy atom. The fourth-order valence-electron chi connectivity index (χ4n) is 2.91. The van der Waals surface area contributed by atoms with Crippen molar-refractivity contribution in [1.82, 2.24) is 15.5 Å². The van der Waals surface area contributed by atoms with Gasteiger partial charge >= 0.3 is 0 Å². The summed E-state index contributed by atoms with van der Waals surface area (Å²) in [6, 6.07) is 9.88. The van der Waals surface area contributed by atoms with Gasteiger partial charge in [-0.3, -0.25) is 4.79 Å². The van der Waals surface area contributed by atoms with Gasteiger partial charge in [-0.1, -0.05) is 23.7 Å². The number of carbonyl (C=O) groups is 1. The Morgan fingerprint density at radius 3 is 2.81 bits per heavy atom. The number of anilines is 1. The molecule has 8 heteroatoms. The minimum Gasteiger partial charge on any atom is -0.379 e. The lowest BCUT2D eigenvalue weighted by Gasteiger charge is -2.12. The van der Waals surface area contributed by atoms with Gasteiger partial charge in [0.1, 0.15) is 0 Å². The Morgan fingerprint density at radius 2 is 2.12 bits per heavy atom. The third-order valence-corrected chi connectivity index (χ3v) is 5.74. The predicted molar refractivity (Wildman–Crippen MR) is 104 cm³/mol. The second-order valence-corrected chi connectivity index (χ2v) is 7.53. The van der Waals surface area contributed by atoms with E-state index < -0.39 is 0 Å². The zero-order valence-corrected chi connectivity index (χ0v) is 15.7. The molecule has 0 saturated carbocycles. The standard InChI is InChI=1S/C18H17ClN4O2S/c1-20-18(24)15-16-13(17(23-22-15)21-12-6-7-25-9-12)8-14(26-16)10-2-4-11(19)5-3-10/h2-5,8,12H,6-7,9H2,1H3,(H,20,24)(H,21,23). The maximum absolute atomic E-state index is 12.2. The Bertz CT molecular complexity index is 952. The number of halogens is 1. The first kappa shape index (κ1) is 17.2. The Hall–Kier alpha value is -2.22. The van der Waals surface area contributed by atoms with Crippen molar-refractivity contribution >= 4 is 44.7 Å². The van der Waals surface area contributed by atoms with Crippen molar-refractivity contribution in [3.8, 4) is 10.4 Å². The molecule has 1 atom stereocenters. The van der Waals surface area contributed by atoms with Crippen LogP contribution in [-0.4, -0.2) is 42.4 Å². The molecule has 134 valence electrons. The van der Waals surface area contributed by atoms with Crippen LogP contribution in [0.1, 0.15) is 16.9 Å². The van der Waals surface area contributed by atoms with Crippen LogP contribution < -0.4 is 10.6 Å². The van der Waals surface area contributed by atoms with Gasteiger partial charge < -0.3 is 15.4 Å². The summed E-state index contributed by atoms with van der Waals surface area (Å²) in [5.74, 6) is 0.433. The molecule has 1 fully saturated rings. The fraction of sp³-hybridized carbons (Fsp3) is 0.278. The van der Waals surface area contributed by atoms with Crippen molar-refractivity contribution in [3.05, 3.63) is 41.0 Å². The van der Waals surface area contributed by atoms with Crippen molar-refractivity contribution < 1.29 is 9.53 Å². The summed E-state index contributed by atoms with van der Waals surface area (Å²) in [6.45, 7) is 1.39. The molecule has 1 unspecified atom stereocenters. The molecule has 2 aromatic heterocycles. The molecule has 1 saturated heterocycles. The van der Waals surface area contributed by atoms with Gasteiger partial charge in [0.25, 0.3) is 5.91 Å². The van der Waals surface area contributed by atoms with Crippen LogP contribution in [0.4, 0.5) is 5.82 Å². The Labute approximate surface area is 159 Å². The number of benzene rings is 1. The molecule has 0 aliphatic carbocycles. The maximum atomic E-state index is 12.2. The van der Waals surface area contributed by atoms with Crippen molar-refractivity contribution in [2.24, 2.45) is 0 Å². The molecule has 26 heavy (non-hydrogen) atoms.